The lowest BCUT2D eigenvalue weighted by atomic mass is 9.86. The molecule has 2 amide bonds. The topological polar surface area (TPSA) is 88.4 Å². The number of carbonyl (C=O) groups excluding carboxylic acids is 3. The van der Waals surface area contributed by atoms with Gasteiger partial charge in [0.2, 0.25) is 11.7 Å². The van der Waals surface area contributed by atoms with Crippen molar-refractivity contribution in [2.75, 3.05) is 6.54 Å². The fourth-order valence-electron chi connectivity index (χ4n) is 2.15. The number of carbonyl (C=O) groups is 3. The zero-order chi connectivity index (χ0) is 18.4. The number of ketones is 1. The van der Waals surface area contributed by atoms with Gasteiger partial charge >= 0.3 is 0 Å². The second kappa shape index (κ2) is 7.79. The summed E-state index contributed by atoms with van der Waals surface area (Å²) in [6.07, 6.45) is 1.51. The van der Waals surface area contributed by atoms with Crippen LogP contribution in [0.1, 0.15) is 42.5 Å². The Bertz CT molecular complexity index is 741. The Morgan fingerprint density at radius 1 is 1.00 bits per heavy atom. The van der Waals surface area contributed by atoms with Crippen molar-refractivity contribution in [2.24, 2.45) is 0 Å². The molecule has 132 valence electrons. The molecule has 25 heavy (non-hydrogen) atoms. The normalized spacial score (nSPS) is 11.0. The molecule has 0 radical (unpaired) electrons. The summed E-state index contributed by atoms with van der Waals surface area (Å²) in [6.45, 7) is 6.16. The van der Waals surface area contributed by atoms with Crippen molar-refractivity contribution < 1.29 is 18.8 Å². The molecular weight excluding hydrogens is 320 g/mol. The predicted molar refractivity (Wildman–Crippen MR) is 93.0 cm³/mol. The quantitative estimate of drug-likeness (QED) is 0.622. The van der Waals surface area contributed by atoms with Gasteiger partial charge in [0.1, 0.15) is 5.76 Å². The second-order valence-electron chi connectivity index (χ2n) is 6.70. The maximum atomic E-state index is 12.1. The molecule has 2 rings (SSSR count). The first-order valence-corrected chi connectivity index (χ1v) is 7.99. The number of hydrogen-bond acceptors (Lipinski definition) is 4. The maximum Gasteiger partial charge on any atom is 0.292 e. The Morgan fingerprint density at radius 2 is 1.68 bits per heavy atom. The van der Waals surface area contributed by atoms with Gasteiger partial charge in [0.05, 0.1) is 19.4 Å². The molecule has 0 aliphatic rings. The van der Waals surface area contributed by atoms with E-state index in [-0.39, 0.29) is 18.5 Å². The van der Waals surface area contributed by atoms with Crippen LogP contribution >= 0.6 is 0 Å². The predicted octanol–water partition coefficient (Wildman–Crippen LogP) is 2.19. The van der Waals surface area contributed by atoms with Crippen molar-refractivity contribution in [1.29, 1.82) is 0 Å². The lowest BCUT2D eigenvalue weighted by molar-refractivity contribution is -0.124. The molecule has 0 aliphatic carbocycles. The summed E-state index contributed by atoms with van der Waals surface area (Å²) in [6, 6.07) is 10.3. The Hall–Kier alpha value is -2.89. The highest BCUT2D eigenvalue weighted by molar-refractivity contribution is 6.43. The van der Waals surface area contributed by atoms with Crippen LogP contribution in [0.4, 0.5) is 0 Å². The van der Waals surface area contributed by atoms with Crippen LogP contribution in [0, 0.1) is 0 Å². The van der Waals surface area contributed by atoms with Crippen LogP contribution in [0.15, 0.2) is 47.1 Å². The van der Waals surface area contributed by atoms with Gasteiger partial charge in [-0.25, -0.2) is 0 Å². The van der Waals surface area contributed by atoms with E-state index in [2.05, 4.69) is 31.4 Å². The Balaban J connectivity index is 1.83. The third-order valence-corrected chi connectivity index (χ3v) is 3.67. The van der Waals surface area contributed by atoms with Crippen LogP contribution in [-0.4, -0.2) is 24.1 Å². The smallest absolute Gasteiger partial charge is 0.292 e. The van der Waals surface area contributed by atoms with Crippen LogP contribution in [0.5, 0.6) is 0 Å². The summed E-state index contributed by atoms with van der Waals surface area (Å²) in [5, 5.41) is 4.91. The standard InChI is InChI=1S/C19H22N2O4/c1-19(2,3)14-8-6-13(7-9-14)17(23)18(24)21-12-16(22)20-11-15-5-4-10-25-15/h4-10H,11-12H2,1-3H3,(H,20,22)(H,21,24). The Morgan fingerprint density at radius 3 is 2.24 bits per heavy atom. The van der Waals surface area contributed by atoms with Crippen molar-refractivity contribution in [2.45, 2.75) is 32.7 Å². The Kier molecular flexibility index (Phi) is 5.75. The van der Waals surface area contributed by atoms with Crippen molar-refractivity contribution >= 4 is 17.6 Å². The minimum atomic E-state index is -0.809. The minimum absolute atomic E-state index is 0.0318. The van der Waals surface area contributed by atoms with E-state index in [9.17, 15) is 14.4 Å². The first kappa shape index (κ1) is 18.4. The van der Waals surface area contributed by atoms with Gasteiger partial charge < -0.3 is 15.1 Å². The molecule has 0 spiro atoms. The fourth-order valence-corrected chi connectivity index (χ4v) is 2.15. The van der Waals surface area contributed by atoms with Gasteiger partial charge in [-0.1, -0.05) is 45.0 Å². The van der Waals surface area contributed by atoms with Crippen molar-refractivity contribution in [3.8, 4) is 0 Å². The van der Waals surface area contributed by atoms with E-state index in [1.807, 2.05) is 12.1 Å². The van der Waals surface area contributed by atoms with Crippen LogP contribution < -0.4 is 10.6 Å². The minimum Gasteiger partial charge on any atom is -0.467 e. The molecule has 6 nitrogen and oxygen atoms in total. The summed E-state index contributed by atoms with van der Waals surface area (Å²) in [5.74, 6) is -1.27. The number of rotatable bonds is 6. The van der Waals surface area contributed by atoms with Gasteiger partial charge in [0, 0.05) is 5.56 Å². The number of benzene rings is 1. The molecule has 0 unspecified atom stereocenters. The lowest BCUT2D eigenvalue weighted by Gasteiger charge is -2.18. The maximum absolute atomic E-state index is 12.1. The molecule has 6 heteroatoms. The van der Waals surface area contributed by atoms with Gasteiger partial charge in [0.15, 0.2) is 0 Å². The molecule has 2 aromatic rings. The molecule has 0 saturated carbocycles. The molecule has 1 heterocycles. The van der Waals surface area contributed by atoms with E-state index in [0.29, 0.717) is 11.3 Å². The first-order valence-electron chi connectivity index (χ1n) is 7.99. The monoisotopic (exact) mass is 342 g/mol. The molecule has 0 aliphatic heterocycles. The molecule has 2 N–H and O–H groups in total. The highest BCUT2D eigenvalue weighted by atomic mass is 16.3. The molecule has 0 bridgehead atoms. The average Bonchev–Trinajstić information content (AvgIpc) is 3.10. The van der Waals surface area contributed by atoms with Gasteiger partial charge in [0.25, 0.3) is 5.91 Å². The van der Waals surface area contributed by atoms with Crippen LogP contribution in [0.25, 0.3) is 0 Å². The third-order valence-electron chi connectivity index (χ3n) is 3.67. The third kappa shape index (κ3) is 5.31. The van der Waals surface area contributed by atoms with E-state index in [1.54, 1.807) is 24.3 Å². The van der Waals surface area contributed by atoms with E-state index in [4.69, 9.17) is 4.42 Å². The van der Waals surface area contributed by atoms with Gasteiger partial charge in [-0.2, -0.15) is 0 Å². The summed E-state index contributed by atoms with van der Waals surface area (Å²) in [7, 11) is 0. The largest absolute Gasteiger partial charge is 0.467 e. The SMILES string of the molecule is CC(C)(C)c1ccc(C(=O)C(=O)NCC(=O)NCc2ccco2)cc1. The summed E-state index contributed by atoms with van der Waals surface area (Å²) in [5.41, 5.74) is 1.33. The van der Waals surface area contributed by atoms with E-state index in [1.165, 1.54) is 6.26 Å². The van der Waals surface area contributed by atoms with Crippen molar-refractivity contribution in [3.05, 3.63) is 59.5 Å². The molecule has 0 atom stereocenters. The second-order valence-corrected chi connectivity index (χ2v) is 6.70. The molecular formula is C19H22N2O4. The van der Waals surface area contributed by atoms with Gasteiger partial charge in [-0.3, -0.25) is 14.4 Å². The number of furan rings is 1. The zero-order valence-corrected chi connectivity index (χ0v) is 14.6. The fraction of sp³-hybridized carbons (Fsp3) is 0.316. The number of amides is 2. The van der Waals surface area contributed by atoms with Crippen LogP contribution in [0.2, 0.25) is 0 Å². The number of Topliss-reactive ketones (excluding diaryl/α,β-unsaturated/α-hetero) is 1. The first-order chi connectivity index (χ1) is 11.8. The molecule has 0 saturated heterocycles. The number of nitrogens with one attached hydrogen (secondary N) is 2. The molecule has 1 aromatic carbocycles. The highest BCUT2D eigenvalue weighted by Gasteiger charge is 2.19. The summed E-state index contributed by atoms with van der Waals surface area (Å²) in [4.78, 5) is 35.7. The molecule has 0 fully saturated rings. The molecule has 1 aromatic heterocycles. The zero-order valence-electron chi connectivity index (χ0n) is 14.6. The van der Waals surface area contributed by atoms with Crippen LogP contribution in [0.3, 0.4) is 0 Å². The van der Waals surface area contributed by atoms with E-state index >= 15 is 0 Å². The Labute approximate surface area is 146 Å². The van der Waals surface area contributed by atoms with Crippen molar-refractivity contribution in [1.82, 2.24) is 10.6 Å². The van der Waals surface area contributed by atoms with E-state index in [0.717, 1.165) is 5.56 Å². The van der Waals surface area contributed by atoms with Crippen LogP contribution in [-0.2, 0) is 21.5 Å². The van der Waals surface area contributed by atoms with Gasteiger partial charge in [-0.05, 0) is 23.1 Å². The van der Waals surface area contributed by atoms with E-state index < -0.39 is 17.6 Å². The number of hydrogen-bond donors (Lipinski definition) is 2. The highest BCUT2D eigenvalue weighted by Crippen LogP contribution is 2.22. The van der Waals surface area contributed by atoms with Gasteiger partial charge in [-0.15, -0.1) is 0 Å². The van der Waals surface area contributed by atoms with Crippen molar-refractivity contribution in [3.63, 3.8) is 0 Å². The summed E-state index contributed by atoms with van der Waals surface area (Å²) < 4.78 is 5.08. The average molecular weight is 342 g/mol. The summed E-state index contributed by atoms with van der Waals surface area (Å²) >= 11 is 0. The lowest BCUT2D eigenvalue weighted by Crippen LogP contribution is -2.39.